The Labute approximate surface area is 115 Å². The van der Waals surface area contributed by atoms with E-state index in [-0.39, 0.29) is 5.54 Å². The number of hydrogen-bond donors (Lipinski definition) is 1. The molecule has 0 atom stereocenters. The van der Waals surface area contributed by atoms with E-state index < -0.39 is 0 Å². The number of nitriles is 1. The highest BCUT2D eigenvalue weighted by atomic mass is 15.2. The van der Waals surface area contributed by atoms with Crippen molar-refractivity contribution in [2.75, 3.05) is 38.3 Å². The number of para-hydroxylation sites is 1. The van der Waals surface area contributed by atoms with Crippen LogP contribution in [0.4, 0.5) is 11.4 Å². The fraction of sp³-hybridized carbons (Fsp3) is 0.533. The molecular weight excluding hydrogens is 236 g/mol. The molecule has 0 spiro atoms. The largest absolute Gasteiger partial charge is 0.396 e. The number of rotatable bonds is 4. The van der Waals surface area contributed by atoms with Crippen molar-refractivity contribution in [3.05, 3.63) is 23.8 Å². The summed E-state index contributed by atoms with van der Waals surface area (Å²) in [6.07, 6.45) is 3.74. The van der Waals surface area contributed by atoms with Crippen molar-refractivity contribution in [2.24, 2.45) is 0 Å². The highest BCUT2D eigenvalue weighted by molar-refractivity contribution is 5.73. The third-order valence-corrected chi connectivity index (χ3v) is 4.38. The number of likely N-dealkylation sites (N-methyl/N-ethyl adjacent to an activating group) is 2. The maximum absolute atomic E-state index is 9.05. The quantitative estimate of drug-likeness (QED) is 0.840. The average Bonchev–Trinajstić information content (AvgIpc) is 2.33. The topological polar surface area (TPSA) is 56.3 Å². The number of nitrogen functional groups attached to an aromatic ring is 1. The van der Waals surface area contributed by atoms with Gasteiger partial charge in [-0.1, -0.05) is 6.07 Å². The third kappa shape index (κ3) is 2.39. The van der Waals surface area contributed by atoms with Crippen LogP contribution >= 0.6 is 0 Å². The zero-order valence-electron chi connectivity index (χ0n) is 12.0. The summed E-state index contributed by atoms with van der Waals surface area (Å²) in [5, 5.41) is 9.05. The fourth-order valence-corrected chi connectivity index (χ4v) is 2.84. The summed E-state index contributed by atoms with van der Waals surface area (Å²) in [6, 6.07) is 7.78. The molecule has 4 nitrogen and oxygen atoms in total. The summed E-state index contributed by atoms with van der Waals surface area (Å²) in [5.41, 5.74) is 8.41. The predicted molar refractivity (Wildman–Crippen MR) is 79.1 cm³/mol. The molecule has 0 aromatic heterocycles. The summed E-state index contributed by atoms with van der Waals surface area (Å²) in [7, 11) is 6.33. The van der Waals surface area contributed by atoms with Gasteiger partial charge in [-0.05, 0) is 45.5 Å². The van der Waals surface area contributed by atoms with Crippen molar-refractivity contribution < 1.29 is 0 Å². The normalized spacial score (nSPS) is 16.8. The lowest BCUT2D eigenvalue weighted by atomic mass is 9.75. The summed E-state index contributed by atoms with van der Waals surface area (Å²) in [5.74, 6) is 0. The molecule has 102 valence electrons. The van der Waals surface area contributed by atoms with Crippen LogP contribution in [0.5, 0.6) is 0 Å². The number of benzene rings is 1. The van der Waals surface area contributed by atoms with Gasteiger partial charge in [0.2, 0.25) is 0 Å². The van der Waals surface area contributed by atoms with Crippen molar-refractivity contribution in [1.82, 2.24) is 4.90 Å². The minimum absolute atomic E-state index is 0.254. The first-order valence-corrected chi connectivity index (χ1v) is 6.67. The number of hydrogen-bond acceptors (Lipinski definition) is 4. The molecule has 1 fully saturated rings. The summed E-state index contributed by atoms with van der Waals surface area (Å²) in [6.45, 7) is 0.944. The summed E-state index contributed by atoms with van der Waals surface area (Å²) in [4.78, 5) is 4.49. The maximum Gasteiger partial charge on any atom is 0.101 e. The van der Waals surface area contributed by atoms with Gasteiger partial charge in [-0.25, -0.2) is 0 Å². The first-order chi connectivity index (χ1) is 9.00. The lowest BCUT2D eigenvalue weighted by molar-refractivity contribution is 0.0683. The van der Waals surface area contributed by atoms with E-state index in [1.165, 1.54) is 19.3 Å². The molecule has 1 aromatic rings. The first kappa shape index (κ1) is 13.7. The Bertz CT molecular complexity index is 497. The smallest absolute Gasteiger partial charge is 0.101 e. The highest BCUT2D eigenvalue weighted by Crippen LogP contribution is 2.38. The molecule has 1 saturated carbocycles. The Kier molecular flexibility index (Phi) is 3.68. The Hall–Kier alpha value is -1.73. The third-order valence-electron chi connectivity index (χ3n) is 4.38. The van der Waals surface area contributed by atoms with Gasteiger partial charge in [-0.15, -0.1) is 0 Å². The molecule has 2 rings (SSSR count). The number of nitrogens with two attached hydrogens (primary N) is 1. The molecule has 0 amide bonds. The molecule has 1 aliphatic rings. The highest BCUT2D eigenvalue weighted by Gasteiger charge is 2.40. The van der Waals surface area contributed by atoms with Gasteiger partial charge in [0.25, 0.3) is 0 Å². The fourth-order valence-electron chi connectivity index (χ4n) is 2.84. The van der Waals surface area contributed by atoms with Gasteiger partial charge < -0.3 is 15.5 Å². The van der Waals surface area contributed by atoms with Crippen molar-refractivity contribution >= 4 is 11.4 Å². The van der Waals surface area contributed by atoms with Crippen LogP contribution in [0.3, 0.4) is 0 Å². The zero-order chi connectivity index (χ0) is 14.0. The zero-order valence-corrected chi connectivity index (χ0v) is 12.0. The van der Waals surface area contributed by atoms with E-state index in [2.05, 4.69) is 37.0 Å². The van der Waals surface area contributed by atoms with Crippen LogP contribution in [0.2, 0.25) is 0 Å². The van der Waals surface area contributed by atoms with Crippen LogP contribution in [0.1, 0.15) is 24.8 Å². The second kappa shape index (κ2) is 5.10. The van der Waals surface area contributed by atoms with Gasteiger partial charge in [-0.3, -0.25) is 0 Å². The van der Waals surface area contributed by atoms with E-state index in [1.807, 2.05) is 12.1 Å². The van der Waals surface area contributed by atoms with Gasteiger partial charge in [-0.2, -0.15) is 5.26 Å². The monoisotopic (exact) mass is 258 g/mol. The van der Waals surface area contributed by atoms with E-state index in [9.17, 15) is 0 Å². The summed E-state index contributed by atoms with van der Waals surface area (Å²) >= 11 is 0. The van der Waals surface area contributed by atoms with Gasteiger partial charge >= 0.3 is 0 Å². The van der Waals surface area contributed by atoms with E-state index in [0.29, 0.717) is 11.3 Å². The van der Waals surface area contributed by atoms with E-state index in [0.717, 1.165) is 12.2 Å². The van der Waals surface area contributed by atoms with Crippen LogP contribution in [0, 0.1) is 11.3 Å². The molecule has 1 aromatic carbocycles. The van der Waals surface area contributed by atoms with E-state index in [1.54, 1.807) is 6.07 Å². The van der Waals surface area contributed by atoms with E-state index >= 15 is 0 Å². The Balaban J connectivity index is 2.21. The van der Waals surface area contributed by atoms with Crippen LogP contribution in [-0.4, -0.2) is 38.1 Å². The Morgan fingerprint density at radius 3 is 2.47 bits per heavy atom. The van der Waals surface area contributed by atoms with Crippen LogP contribution in [0.25, 0.3) is 0 Å². The van der Waals surface area contributed by atoms with Crippen LogP contribution < -0.4 is 10.6 Å². The molecule has 2 N–H and O–H groups in total. The Morgan fingerprint density at radius 2 is 2.00 bits per heavy atom. The molecule has 0 unspecified atom stereocenters. The van der Waals surface area contributed by atoms with Gasteiger partial charge in [0.1, 0.15) is 6.07 Å². The minimum Gasteiger partial charge on any atom is -0.396 e. The second-order valence-electron chi connectivity index (χ2n) is 5.68. The van der Waals surface area contributed by atoms with Crippen molar-refractivity contribution in [3.8, 4) is 6.07 Å². The lowest BCUT2D eigenvalue weighted by Gasteiger charge is -2.49. The molecule has 19 heavy (non-hydrogen) atoms. The molecule has 0 bridgehead atoms. The van der Waals surface area contributed by atoms with Crippen molar-refractivity contribution in [1.29, 1.82) is 5.26 Å². The minimum atomic E-state index is 0.254. The lowest BCUT2D eigenvalue weighted by Crippen LogP contribution is -2.56. The number of anilines is 2. The second-order valence-corrected chi connectivity index (χ2v) is 5.68. The van der Waals surface area contributed by atoms with E-state index in [4.69, 9.17) is 11.0 Å². The molecule has 0 aliphatic heterocycles. The molecular formula is C15H22N4. The molecule has 0 saturated heterocycles. The standard InChI is InChI=1S/C15H22N4/c1-18(2)15(8-5-9-15)11-19(3)13-7-4-6-12(10-16)14(13)17/h4,6-7H,5,8-9,11,17H2,1-3H3. The maximum atomic E-state index is 9.05. The predicted octanol–water partition coefficient (Wildman–Crippen LogP) is 2.06. The van der Waals surface area contributed by atoms with Crippen LogP contribution in [-0.2, 0) is 0 Å². The Morgan fingerprint density at radius 1 is 1.32 bits per heavy atom. The van der Waals surface area contributed by atoms with Crippen molar-refractivity contribution in [2.45, 2.75) is 24.8 Å². The average molecular weight is 258 g/mol. The van der Waals surface area contributed by atoms with Gasteiger partial charge in [0.05, 0.1) is 16.9 Å². The van der Waals surface area contributed by atoms with Gasteiger partial charge in [0.15, 0.2) is 0 Å². The van der Waals surface area contributed by atoms with Gasteiger partial charge in [0, 0.05) is 19.1 Å². The first-order valence-electron chi connectivity index (χ1n) is 6.67. The van der Waals surface area contributed by atoms with Crippen molar-refractivity contribution in [3.63, 3.8) is 0 Å². The summed E-state index contributed by atoms with van der Waals surface area (Å²) < 4.78 is 0. The molecule has 0 radical (unpaired) electrons. The molecule has 1 aliphatic carbocycles. The molecule has 0 heterocycles. The molecule has 4 heteroatoms. The van der Waals surface area contributed by atoms with Crippen LogP contribution in [0.15, 0.2) is 18.2 Å². The number of nitrogens with zero attached hydrogens (tertiary/aromatic N) is 3. The SMILES string of the molecule is CN(CC1(N(C)C)CCC1)c1cccc(C#N)c1N.